The minimum Gasteiger partial charge on any atom is -0.396 e. The highest BCUT2D eigenvalue weighted by molar-refractivity contribution is 5.81. The number of aliphatic hydroxyl groups is 1. The van der Waals surface area contributed by atoms with Crippen molar-refractivity contribution in [2.24, 2.45) is 0 Å². The second-order valence-electron chi connectivity index (χ2n) is 4.10. The summed E-state index contributed by atoms with van der Waals surface area (Å²) in [5, 5.41) is 8.77. The fourth-order valence-corrected chi connectivity index (χ4v) is 2.19. The van der Waals surface area contributed by atoms with Gasteiger partial charge in [0, 0.05) is 19.8 Å². The molecule has 1 saturated heterocycles. The summed E-state index contributed by atoms with van der Waals surface area (Å²) in [6, 6.07) is 0.484. The van der Waals surface area contributed by atoms with E-state index in [0.717, 1.165) is 32.2 Å². The molecule has 1 atom stereocenters. The molecular formula is C11H21NO3. The third-order valence-electron chi connectivity index (χ3n) is 2.88. The molecule has 1 aliphatic heterocycles. The van der Waals surface area contributed by atoms with Crippen LogP contribution in [0.5, 0.6) is 0 Å². The molecule has 15 heavy (non-hydrogen) atoms. The fourth-order valence-electron chi connectivity index (χ4n) is 2.19. The largest absolute Gasteiger partial charge is 0.396 e. The van der Waals surface area contributed by atoms with E-state index in [9.17, 15) is 4.79 Å². The van der Waals surface area contributed by atoms with E-state index in [0.29, 0.717) is 12.6 Å². The molecule has 4 heteroatoms. The van der Waals surface area contributed by atoms with Crippen LogP contribution in [-0.4, -0.2) is 55.2 Å². The van der Waals surface area contributed by atoms with E-state index in [4.69, 9.17) is 9.84 Å². The van der Waals surface area contributed by atoms with Gasteiger partial charge < -0.3 is 9.84 Å². The number of carbonyl (C=O) groups is 1. The maximum absolute atomic E-state index is 11.4. The van der Waals surface area contributed by atoms with Gasteiger partial charge in [0.15, 0.2) is 5.78 Å². The number of likely N-dealkylation sites (tertiary alicyclic amines) is 1. The van der Waals surface area contributed by atoms with Gasteiger partial charge in [-0.1, -0.05) is 0 Å². The van der Waals surface area contributed by atoms with E-state index in [-0.39, 0.29) is 19.0 Å². The van der Waals surface area contributed by atoms with Crippen molar-refractivity contribution in [1.29, 1.82) is 0 Å². The standard InChI is InChI=1S/C11H21NO3/c1-15-9-11(14)8-12-6-2-4-10(12)5-3-7-13/h10,13H,2-9H2,1H3. The van der Waals surface area contributed by atoms with Crippen molar-refractivity contribution < 1.29 is 14.6 Å². The van der Waals surface area contributed by atoms with Crippen LogP contribution < -0.4 is 0 Å². The van der Waals surface area contributed by atoms with Gasteiger partial charge in [-0.2, -0.15) is 0 Å². The summed E-state index contributed by atoms with van der Waals surface area (Å²) in [7, 11) is 1.55. The van der Waals surface area contributed by atoms with Crippen molar-refractivity contribution in [2.75, 3.05) is 33.4 Å². The molecule has 0 bridgehead atoms. The summed E-state index contributed by atoms with van der Waals surface area (Å²) in [5.74, 6) is 0.147. The lowest BCUT2D eigenvalue weighted by Crippen LogP contribution is -2.35. The Morgan fingerprint density at radius 2 is 2.40 bits per heavy atom. The molecule has 0 saturated carbocycles. The molecule has 4 nitrogen and oxygen atoms in total. The van der Waals surface area contributed by atoms with Gasteiger partial charge in [0.1, 0.15) is 6.61 Å². The number of carbonyl (C=O) groups excluding carboxylic acids is 1. The van der Waals surface area contributed by atoms with Crippen molar-refractivity contribution in [1.82, 2.24) is 4.90 Å². The Bertz CT molecular complexity index is 196. The first-order chi connectivity index (χ1) is 7.27. The molecule has 1 N–H and O–H groups in total. The summed E-state index contributed by atoms with van der Waals surface area (Å²) in [6.07, 6.45) is 4.15. The van der Waals surface area contributed by atoms with Crippen molar-refractivity contribution in [3.63, 3.8) is 0 Å². The van der Waals surface area contributed by atoms with E-state index in [1.165, 1.54) is 0 Å². The molecule has 0 aromatic rings. The van der Waals surface area contributed by atoms with Crippen molar-refractivity contribution in [3.8, 4) is 0 Å². The van der Waals surface area contributed by atoms with Crippen molar-refractivity contribution in [3.05, 3.63) is 0 Å². The van der Waals surface area contributed by atoms with Gasteiger partial charge in [0.05, 0.1) is 6.54 Å². The predicted molar refractivity (Wildman–Crippen MR) is 57.8 cm³/mol. The van der Waals surface area contributed by atoms with E-state index < -0.39 is 0 Å². The number of hydrogen-bond acceptors (Lipinski definition) is 4. The number of methoxy groups -OCH3 is 1. The number of nitrogens with zero attached hydrogens (tertiary/aromatic N) is 1. The first kappa shape index (κ1) is 12.6. The van der Waals surface area contributed by atoms with E-state index >= 15 is 0 Å². The molecule has 1 unspecified atom stereocenters. The Morgan fingerprint density at radius 1 is 1.60 bits per heavy atom. The van der Waals surface area contributed by atoms with Crippen LogP contribution in [0.25, 0.3) is 0 Å². The van der Waals surface area contributed by atoms with Crippen LogP contribution in [-0.2, 0) is 9.53 Å². The summed E-state index contributed by atoms with van der Waals surface area (Å²) < 4.78 is 4.81. The molecule has 0 aliphatic carbocycles. The summed E-state index contributed by atoms with van der Waals surface area (Å²) in [4.78, 5) is 13.6. The highest BCUT2D eigenvalue weighted by Gasteiger charge is 2.25. The lowest BCUT2D eigenvalue weighted by atomic mass is 10.1. The molecule has 0 spiro atoms. The third-order valence-corrected chi connectivity index (χ3v) is 2.88. The second-order valence-corrected chi connectivity index (χ2v) is 4.10. The minimum atomic E-state index is 0.147. The van der Waals surface area contributed by atoms with E-state index in [1.54, 1.807) is 7.11 Å². The molecule has 88 valence electrons. The van der Waals surface area contributed by atoms with E-state index in [1.807, 2.05) is 0 Å². The molecule has 1 fully saturated rings. The maximum Gasteiger partial charge on any atom is 0.172 e. The van der Waals surface area contributed by atoms with Gasteiger partial charge in [0.2, 0.25) is 0 Å². The normalized spacial score (nSPS) is 22.1. The topological polar surface area (TPSA) is 49.8 Å². The Balaban J connectivity index is 2.29. The van der Waals surface area contributed by atoms with Crippen LogP contribution in [0.4, 0.5) is 0 Å². The number of aliphatic hydroxyl groups excluding tert-OH is 1. The smallest absolute Gasteiger partial charge is 0.172 e. The Kier molecular flexibility index (Phi) is 5.83. The Labute approximate surface area is 91.2 Å². The fraction of sp³-hybridized carbons (Fsp3) is 0.909. The quantitative estimate of drug-likeness (QED) is 0.669. The monoisotopic (exact) mass is 215 g/mol. The zero-order valence-corrected chi connectivity index (χ0v) is 9.45. The van der Waals surface area contributed by atoms with Crippen LogP contribution in [0, 0.1) is 0 Å². The molecule has 0 amide bonds. The molecule has 1 aliphatic rings. The average molecular weight is 215 g/mol. The number of ether oxygens (including phenoxy) is 1. The van der Waals surface area contributed by atoms with Crippen LogP contribution in [0.2, 0.25) is 0 Å². The van der Waals surface area contributed by atoms with E-state index in [2.05, 4.69) is 4.90 Å². The van der Waals surface area contributed by atoms with Crippen LogP contribution in [0.1, 0.15) is 25.7 Å². The first-order valence-corrected chi connectivity index (χ1v) is 5.63. The summed E-state index contributed by atoms with van der Waals surface area (Å²) in [6.45, 7) is 1.97. The molecule has 1 rings (SSSR count). The maximum atomic E-state index is 11.4. The lowest BCUT2D eigenvalue weighted by Gasteiger charge is -2.23. The minimum absolute atomic E-state index is 0.147. The van der Waals surface area contributed by atoms with Gasteiger partial charge in [-0.15, -0.1) is 0 Å². The van der Waals surface area contributed by atoms with Gasteiger partial charge in [0.25, 0.3) is 0 Å². The Hall–Kier alpha value is -0.450. The van der Waals surface area contributed by atoms with Crippen LogP contribution in [0.3, 0.4) is 0 Å². The number of ketones is 1. The lowest BCUT2D eigenvalue weighted by molar-refractivity contribution is -0.124. The third kappa shape index (κ3) is 4.28. The second kappa shape index (κ2) is 6.93. The highest BCUT2D eigenvalue weighted by Crippen LogP contribution is 2.20. The zero-order valence-electron chi connectivity index (χ0n) is 9.45. The van der Waals surface area contributed by atoms with Gasteiger partial charge in [-0.05, 0) is 32.2 Å². The molecule has 0 radical (unpaired) electrons. The van der Waals surface area contributed by atoms with Crippen molar-refractivity contribution in [2.45, 2.75) is 31.7 Å². The highest BCUT2D eigenvalue weighted by atomic mass is 16.5. The summed E-state index contributed by atoms with van der Waals surface area (Å²) in [5.41, 5.74) is 0. The summed E-state index contributed by atoms with van der Waals surface area (Å²) >= 11 is 0. The molecular weight excluding hydrogens is 194 g/mol. The number of Topliss-reactive ketones (excluding diaryl/α,β-unsaturated/α-hetero) is 1. The molecule has 1 heterocycles. The average Bonchev–Trinajstić information content (AvgIpc) is 2.63. The van der Waals surface area contributed by atoms with Gasteiger partial charge in [-0.25, -0.2) is 0 Å². The van der Waals surface area contributed by atoms with Crippen molar-refractivity contribution >= 4 is 5.78 Å². The molecule has 0 aromatic carbocycles. The molecule has 0 aromatic heterocycles. The predicted octanol–water partition coefficient (Wildman–Crippen LogP) is 0.439. The van der Waals surface area contributed by atoms with Crippen LogP contribution in [0.15, 0.2) is 0 Å². The Morgan fingerprint density at radius 3 is 3.07 bits per heavy atom. The zero-order chi connectivity index (χ0) is 11.1. The first-order valence-electron chi connectivity index (χ1n) is 5.63. The SMILES string of the molecule is COCC(=O)CN1CCCC1CCCO. The number of rotatable bonds is 7. The van der Waals surface area contributed by atoms with Gasteiger partial charge >= 0.3 is 0 Å². The number of hydrogen-bond donors (Lipinski definition) is 1. The van der Waals surface area contributed by atoms with Gasteiger partial charge in [-0.3, -0.25) is 9.69 Å². The van der Waals surface area contributed by atoms with Crippen LogP contribution >= 0.6 is 0 Å².